The Hall–Kier alpha value is -2.60. The van der Waals surface area contributed by atoms with Crippen LogP contribution in [0.1, 0.15) is 43.9 Å². The number of aromatic nitrogens is 1. The maximum atomic E-state index is 10.2. The molecule has 0 amide bonds. The minimum Gasteiger partial charge on any atom is -0.478 e. The fourth-order valence-electron chi connectivity index (χ4n) is 2.48. The summed E-state index contributed by atoms with van der Waals surface area (Å²) in [7, 11) is 0. The van der Waals surface area contributed by atoms with Crippen LogP contribution in [0.3, 0.4) is 0 Å². The van der Waals surface area contributed by atoms with Crippen LogP contribution in [-0.2, 0) is 6.54 Å². The minimum atomic E-state index is -0.485. The molecule has 2 aromatic rings. The van der Waals surface area contributed by atoms with E-state index in [0.717, 1.165) is 30.1 Å². The summed E-state index contributed by atoms with van der Waals surface area (Å²) >= 11 is 0. The van der Waals surface area contributed by atoms with Gasteiger partial charge in [0.15, 0.2) is 5.96 Å². The number of hydrogen-bond donors (Lipinski definition) is 3. The third-order valence-electron chi connectivity index (χ3n) is 3.91. The Morgan fingerprint density at radius 2 is 1.96 bits per heavy atom. The molecule has 3 N–H and O–H groups in total. The average Bonchev–Trinajstić information content (AvgIpc) is 2.71. The number of rotatable bonds is 10. The Bertz CT molecular complexity index is 674. The van der Waals surface area contributed by atoms with Gasteiger partial charge in [-0.25, -0.2) is 9.98 Å². The molecule has 0 saturated heterocycles. The van der Waals surface area contributed by atoms with Gasteiger partial charge in [-0.05, 0) is 30.9 Å². The predicted octanol–water partition coefficient (Wildman–Crippen LogP) is 3.05. The van der Waals surface area contributed by atoms with Crippen LogP contribution in [0.15, 0.2) is 53.7 Å². The summed E-state index contributed by atoms with van der Waals surface area (Å²) in [4.78, 5) is 8.87. The maximum absolute atomic E-state index is 10.2. The first-order valence-corrected chi connectivity index (χ1v) is 9.55. The van der Waals surface area contributed by atoms with E-state index in [2.05, 4.69) is 27.5 Å². The molecule has 6 heteroatoms. The van der Waals surface area contributed by atoms with Gasteiger partial charge in [-0.2, -0.15) is 0 Å². The van der Waals surface area contributed by atoms with E-state index in [1.807, 2.05) is 49.4 Å². The Balaban J connectivity index is 1.82. The highest BCUT2D eigenvalue weighted by atomic mass is 16.5. The van der Waals surface area contributed by atoms with Gasteiger partial charge < -0.3 is 20.5 Å². The topological polar surface area (TPSA) is 78.8 Å². The largest absolute Gasteiger partial charge is 0.478 e. The highest BCUT2D eigenvalue weighted by Gasteiger charge is 2.07. The van der Waals surface area contributed by atoms with Gasteiger partial charge in [-0.1, -0.05) is 43.3 Å². The molecule has 0 aliphatic heterocycles. The van der Waals surface area contributed by atoms with E-state index in [1.165, 1.54) is 0 Å². The molecule has 146 valence electrons. The van der Waals surface area contributed by atoms with Crippen LogP contribution in [0.25, 0.3) is 0 Å². The zero-order chi connectivity index (χ0) is 19.3. The second-order valence-corrected chi connectivity index (χ2v) is 6.19. The van der Waals surface area contributed by atoms with Crippen molar-refractivity contribution in [3.8, 4) is 5.88 Å². The number of ether oxygens (including phenoxy) is 1. The van der Waals surface area contributed by atoms with Crippen LogP contribution in [0, 0.1) is 0 Å². The molecule has 0 spiro atoms. The zero-order valence-electron chi connectivity index (χ0n) is 16.2. The number of hydrogen-bond acceptors (Lipinski definition) is 4. The number of nitrogens with one attached hydrogen (secondary N) is 2. The number of aliphatic hydroxyl groups is 1. The molecule has 0 aliphatic rings. The smallest absolute Gasteiger partial charge is 0.213 e. The SMILES string of the molecule is CCCOc1ccc(CN=C(NCC)NCCC(O)c2ccccc2)cn1. The van der Waals surface area contributed by atoms with Gasteiger partial charge in [0.05, 0.1) is 19.3 Å². The van der Waals surface area contributed by atoms with Crippen molar-refractivity contribution in [3.63, 3.8) is 0 Å². The molecule has 6 nitrogen and oxygen atoms in total. The van der Waals surface area contributed by atoms with Gasteiger partial charge >= 0.3 is 0 Å². The monoisotopic (exact) mass is 370 g/mol. The standard InChI is InChI=1S/C21H30N4O2/c1-3-14-27-20-11-10-17(15-24-20)16-25-21(22-4-2)23-13-12-19(26)18-8-6-5-7-9-18/h5-11,15,19,26H,3-4,12-14,16H2,1-2H3,(H2,22,23,25). The van der Waals surface area contributed by atoms with Crippen LogP contribution in [-0.4, -0.2) is 35.7 Å². The van der Waals surface area contributed by atoms with E-state index >= 15 is 0 Å². The number of aliphatic hydroxyl groups excluding tert-OH is 1. The Kier molecular flexibility index (Phi) is 9.13. The summed E-state index contributed by atoms with van der Waals surface area (Å²) in [6, 6.07) is 13.5. The lowest BCUT2D eigenvalue weighted by Gasteiger charge is -2.14. The number of nitrogens with zero attached hydrogens (tertiary/aromatic N) is 2. The van der Waals surface area contributed by atoms with Gasteiger partial charge in [0.1, 0.15) is 0 Å². The second-order valence-electron chi connectivity index (χ2n) is 6.19. The lowest BCUT2D eigenvalue weighted by atomic mass is 10.1. The summed E-state index contributed by atoms with van der Waals surface area (Å²) in [5.74, 6) is 1.37. The molecule has 1 aromatic carbocycles. The molecule has 2 rings (SSSR count). The molecule has 0 radical (unpaired) electrons. The van der Waals surface area contributed by atoms with Crippen molar-refractivity contribution in [2.75, 3.05) is 19.7 Å². The van der Waals surface area contributed by atoms with Gasteiger partial charge in [0.25, 0.3) is 0 Å². The molecular weight excluding hydrogens is 340 g/mol. The number of pyridine rings is 1. The molecule has 0 aliphatic carbocycles. The quantitative estimate of drug-likeness (QED) is 0.442. The second kappa shape index (κ2) is 11.9. The predicted molar refractivity (Wildman–Crippen MR) is 109 cm³/mol. The number of aliphatic imine (C=N–C) groups is 1. The summed E-state index contributed by atoms with van der Waals surface area (Å²) in [5, 5.41) is 16.7. The van der Waals surface area contributed by atoms with Crippen LogP contribution in [0.4, 0.5) is 0 Å². The number of guanidine groups is 1. The summed E-state index contributed by atoms with van der Waals surface area (Å²) in [6.45, 7) is 6.69. The number of benzene rings is 1. The van der Waals surface area contributed by atoms with Gasteiger partial charge in [0, 0.05) is 25.4 Å². The molecule has 0 fully saturated rings. The van der Waals surface area contributed by atoms with Crippen molar-refractivity contribution in [1.29, 1.82) is 0 Å². The van der Waals surface area contributed by atoms with E-state index in [4.69, 9.17) is 4.74 Å². The van der Waals surface area contributed by atoms with E-state index in [0.29, 0.717) is 32.0 Å². The van der Waals surface area contributed by atoms with Crippen molar-refractivity contribution in [2.24, 2.45) is 4.99 Å². The summed E-state index contributed by atoms with van der Waals surface area (Å²) in [5.41, 5.74) is 1.94. The van der Waals surface area contributed by atoms with Crippen molar-refractivity contribution >= 4 is 5.96 Å². The van der Waals surface area contributed by atoms with Crippen LogP contribution < -0.4 is 15.4 Å². The van der Waals surface area contributed by atoms with E-state index < -0.39 is 6.10 Å². The molecule has 0 bridgehead atoms. The van der Waals surface area contributed by atoms with Gasteiger partial charge in [-0.15, -0.1) is 0 Å². The summed E-state index contributed by atoms with van der Waals surface area (Å²) in [6.07, 6.45) is 2.88. The Morgan fingerprint density at radius 1 is 1.15 bits per heavy atom. The first-order valence-electron chi connectivity index (χ1n) is 9.55. The average molecular weight is 370 g/mol. The molecule has 0 saturated carbocycles. The van der Waals surface area contributed by atoms with Crippen LogP contribution in [0.2, 0.25) is 0 Å². The molecule has 1 heterocycles. The minimum absolute atomic E-state index is 0.485. The highest BCUT2D eigenvalue weighted by molar-refractivity contribution is 5.79. The fraction of sp³-hybridized carbons (Fsp3) is 0.429. The van der Waals surface area contributed by atoms with Crippen LogP contribution >= 0.6 is 0 Å². The van der Waals surface area contributed by atoms with Crippen molar-refractivity contribution in [2.45, 2.75) is 39.3 Å². The first kappa shape index (κ1) is 20.7. The highest BCUT2D eigenvalue weighted by Crippen LogP contribution is 2.14. The normalized spacial score (nSPS) is 12.5. The third kappa shape index (κ3) is 7.66. The van der Waals surface area contributed by atoms with Crippen molar-refractivity contribution < 1.29 is 9.84 Å². The summed E-state index contributed by atoms with van der Waals surface area (Å²) < 4.78 is 5.49. The molecular formula is C21H30N4O2. The zero-order valence-corrected chi connectivity index (χ0v) is 16.2. The molecule has 27 heavy (non-hydrogen) atoms. The van der Waals surface area contributed by atoms with Crippen molar-refractivity contribution in [3.05, 3.63) is 59.8 Å². The molecule has 1 unspecified atom stereocenters. The van der Waals surface area contributed by atoms with E-state index in [-0.39, 0.29) is 0 Å². The molecule has 1 atom stereocenters. The van der Waals surface area contributed by atoms with E-state index in [9.17, 15) is 5.11 Å². The fourth-order valence-corrected chi connectivity index (χ4v) is 2.48. The lowest BCUT2D eigenvalue weighted by Crippen LogP contribution is -2.38. The first-order chi connectivity index (χ1) is 13.2. The van der Waals surface area contributed by atoms with Gasteiger partial charge in [-0.3, -0.25) is 0 Å². The van der Waals surface area contributed by atoms with Gasteiger partial charge in [0.2, 0.25) is 5.88 Å². The van der Waals surface area contributed by atoms with E-state index in [1.54, 1.807) is 6.20 Å². The maximum Gasteiger partial charge on any atom is 0.213 e. The Labute approximate surface area is 161 Å². The molecule has 1 aromatic heterocycles. The Morgan fingerprint density at radius 3 is 2.63 bits per heavy atom. The third-order valence-corrected chi connectivity index (χ3v) is 3.91. The van der Waals surface area contributed by atoms with Crippen LogP contribution in [0.5, 0.6) is 5.88 Å². The van der Waals surface area contributed by atoms with Crippen molar-refractivity contribution in [1.82, 2.24) is 15.6 Å². The lowest BCUT2D eigenvalue weighted by molar-refractivity contribution is 0.168.